The molecule has 0 aromatic heterocycles. The zero-order valence-corrected chi connectivity index (χ0v) is 9.96. The van der Waals surface area contributed by atoms with E-state index in [-0.39, 0.29) is 6.61 Å². The summed E-state index contributed by atoms with van der Waals surface area (Å²) < 4.78 is 16.9. The maximum Gasteiger partial charge on any atom is 0.315 e. The molecular formula is C9H9O2PS2. The van der Waals surface area contributed by atoms with Crippen LogP contribution in [0.3, 0.4) is 0 Å². The second-order valence-electron chi connectivity index (χ2n) is 1.88. The Morgan fingerprint density at radius 2 is 1.57 bits per heavy atom. The molecule has 0 aliphatic carbocycles. The van der Waals surface area contributed by atoms with Crippen molar-refractivity contribution in [1.82, 2.24) is 0 Å². The summed E-state index contributed by atoms with van der Waals surface area (Å²) in [7, 11) is 0. The van der Waals surface area contributed by atoms with Crippen molar-refractivity contribution in [3.63, 3.8) is 0 Å². The van der Waals surface area contributed by atoms with Crippen molar-refractivity contribution >= 4 is 28.5 Å². The second-order valence-corrected chi connectivity index (χ2v) is 9.25. The first-order valence-corrected chi connectivity index (χ1v) is 8.33. The van der Waals surface area contributed by atoms with Gasteiger partial charge in [0.1, 0.15) is 6.61 Å². The summed E-state index contributed by atoms with van der Waals surface area (Å²) in [5.74, 6) is 4.77. The van der Waals surface area contributed by atoms with Gasteiger partial charge in [-0.3, -0.25) is 4.57 Å². The molecule has 0 saturated carbocycles. The molecule has 14 heavy (non-hydrogen) atoms. The maximum atomic E-state index is 11.9. The van der Waals surface area contributed by atoms with E-state index < -0.39 is 5.77 Å². The second kappa shape index (κ2) is 7.93. The largest absolute Gasteiger partial charge is 0.315 e. The van der Waals surface area contributed by atoms with E-state index in [0.29, 0.717) is 11.5 Å². The van der Waals surface area contributed by atoms with Crippen LogP contribution in [0.4, 0.5) is 0 Å². The molecule has 0 saturated heterocycles. The molecule has 0 unspecified atom stereocenters. The summed E-state index contributed by atoms with van der Waals surface area (Å²) in [4.78, 5) is 0. The van der Waals surface area contributed by atoms with Crippen LogP contribution >= 0.6 is 28.5 Å². The van der Waals surface area contributed by atoms with E-state index in [1.165, 1.54) is 0 Å². The third-order valence-corrected chi connectivity index (χ3v) is 7.79. The minimum absolute atomic E-state index is 0.00637. The summed E-state index contributed by atoms with van der Waals surface area (Å²) in [6, 6.07) is 0. The predicted molar refractivity (Wildman–Crippen MR) is 65.0 cm³/mol. The number of rotatable bonds is 6. The molecule has 0 aliphatic rings. The van der Waals surface area contributed by atoms with Crippen LogP contribution in [0.15, 0.2) is 0 Å². The fraction of sp³-hybridized carbons (Fsp3) is 0.333. The first-order chi connectivity index (χ1) is 6.68. The van der Waals surface area contributed by atoms with Gasteiger partial charge < -0.3 is 4.52 Å². The highest BCUT2D eigenvalue weighted by Gasteiger charge is 2.23. The van der Waals surface area contributed by atoms with Crippen molar-refractivity contribution in [1.29, 1.82) is 0 Å². The van der Waals surface area contributed by atoms with Crippen molar-refractivity contribution in [2.24, 2.45) is 0 Å². The molecule has 0 rings (SSSR count). The Balaban J connectivity index is 4.22. The van der Waals surface area contributed by atoms with Crippen LogP contribution in [0.2, 0.25) is 0 Å². The minimum Gasteiger partial charge on any atom is -0.300 e. The van der Waals surface area contributed by atoms with Gasteiger partial charge in [0.2, 0.25) is 0 Å². The SMILES string of the molecule is C#CCOP(=O)(SCC#C)SCC#C. The summed E-state index contributed by atoms with van der Waals surface area (Å²) in [5.41, 5.74) is 0. The number of hydrogen-bond acceptors (Lipinski definition) is 4. The van der Waals surface area contributed by atoms with Crippen LogP contribution in [-0.2, 0) is 9.09 Å². The first kappa shape index (κ1) is 13.6. The van der Waals surface area contributed by atoms with Gasteiger partial charge in [0, 0.05) is 0 Å². The number of hydrogen-bond donors (Lipinski definition) is 0. The summed E-state index contributed by atoms with van der Waals surface area (Å²) in [5, 5.41) is 0. The zero-order chi connectivity index (χ0) is 10.9. The molecular weight excluding hydrogens is 235 g/mol. The summed E-state index contributed by atoms with van der Waals surface area (Å²) >= 11 is 2.15. The zero-order valence-electron chi connectivity index (χ0n) is 7.43. The van der Waals surface area contributed by atoms with Crippen LogP contribution in [-0.4, -0.2) is 18.1 Å². The summed E-state index contributed by atoms with van der Waals surface area (Å²) in [6.07, 6.45) is 15.1. The Hall–Kier alpha value is -0.430. The fourth-order valence-electron chi connectivity index (χ4n) is 0.461. The van der Waals surface area contributed by atoms with Crippen molar-refractivity contribution in [3.05, 3.63) is 0 Å². The van der Waals surface area contributed by atoms with E-state index in [1.807, 2.05) is 0 Å². The summed E-state index contributed by atoms with van der Waals surface area (Å²) in [6.45, 7) is 0.00637. The third-order valence-electron chi connectivity index (χ3n) is 0.918. The average Bonchev–Trinajstić information content (AvgIpc) is 2.21. The minimum atomic E-state index is -2.86. The molecule has 0 aliphatic heterocycles. The van der Waals surface area contributed by atoms with Crippen LogP contribution in [0.1, 0.15) is 0 Å². The van der Waals surface area contributed by atoms with Gasteiger partial charge in [-0.15, -0.1) is 19.3 Å². The molecule has 0 spiro atoms. The molecule has 5 heteroatoms. The van der Waals surface area contributed by atoms with Crippen LogP contribution in [0.5, 0.6) is 0 Å². The van der Waals surface area contributed by atoms with E-state index in [1.54, 1.807) is 0 Å². The van der Waals surface area contributed by atoms with Crippen molar-refractivity contribution in [3.8, 4) is 37.0 Å². The Labute approximate surface area is 92.9 Å². The predicted octanol–water partition coefficient (Wildman–Crippen LogP) is 2.48. The van der Waals surface area contributed by atoms with Crippen molar-refractivity contribution in [2.75, 3.05) is 18.1 Å². The molecule has 0 atom stereocenters. The fourth-order valence-corrected chi connectivity index (χ4v) is 5.38. The topological polar surface area (TPSA) is 26.3 Å². The standard InChI is InChI=1S/C9H9O2PS2/c1-4-7-11-12(10,13-8-5-2)14-9-6-3/h1-3H,7-9H2. The molecule has 0 N–H and O–H groups in total. The molecule has 0 radical (unpaired) electrons. The normalized spacial score (nSPS) is 9.79. The van der Waals surface area contributed by atoms with E-state index in [9.17, 15) is 4.57 Å². The molecule has 0 aromatic rings. The highest BCUT2D eigenvalue weighted by atomic mass is 33.1. The highest BCUT2D eigenvalue weighted by molar-refractivity contribution is 8.89. The quantitative estimate of drug-likeness (QED) is 0.529. The van der Waals surface area contributed by atoms with Gasteiger partial charge in [0.05, 0.1) is 11.5 Å². The van der Waals surface area contributed by atoms with Gasteiger partial charge in [-0.25, -0.2) is 0 Å². The van der Waals surface area contributed by atoms with Crippen molar-refractivity contribution < 1.29 is 9.09 Å². The molecule has 0 aromatic carbocycles. The van der Waals surface area contributed by atoms with E-state index >= 15 is 0 Å². The molecule has 74 valence electrons. The van der Waals surface area contributed by atoms with Gasteiger partial charge in [-0.1, -0.05) is 17.8 Å². The van der Waals surface area contributed by atoms with E-state index in [0.717, 1.165) is 22.8 Å². The Morgan fingerprint density at radius 3 is 1.93 bits per heavy atom. The molecule has 0 bridgehead atoms. The monoisotopic (exact) mass is 244 g/mol. The Bertz CT molecular complexity index is 280. The molecule has 0 heterocycles. The third kappa shape index (κ3) is 6.09. The van der Waals surface area contributed by atoms with Gasteiger partial charge in [0.15, 0.2) is 0 Å². The lowest BCUT2D eigenvalue weighted by Crippen LogP contribution is -1.86. The lowest BCUT2D eigenvalue weighted by molar-refractivity contribution is 0.385. The maximum absolute atomic E-state index is 11.9. The lowest BCUT2D eigenvalue weighted by Gasteiger charge is -2.12. The van der Waals surface area contributed by atoms with E-state index in [2.05, 4.69) is 17.8 Å². The lowest BCUT2D eigenvalue weighted by atomic mass is 10.8. The molecule has 2 nitrogen and oxygen atoms in total. The smallest absolute Gasteiger partial charge is 0.300 e. The van der Waals surface area contributed by atoms with Gasteiger partial charge in [-0.05, 0) is 22.8 Å². The molecule has 0 amide bonds. The average molecular weight is 244 g/mol. The van der Waals surface area contributed by atoms with Gasteiger partial charge >= 0.3 is 5.77 Å². The van der Waals surface area contributed by atoms with Crippen LogP contribution in [0, 0.1) is 37.0 Å². The van der Waals surface area contributed by atoms with E-state index in [4.69, 9.17) is 23.8 Å². The highest BCUT2D eigenvalue weighted by Crippen LogP contribution is 2.69. The van der Waals surface area contributed by atoms with Crippen LogP contribution in [0.25, 0.3) is 0 Å². The number of terminal acetylenes is 3. The van der Waals surface area contributed by atoms with Gasteiger partial charge in [-0.2, -0.15) is 0 Å². The Morgan fingerprint density at radius 1 is 1.07 bits per heavy atom. The van der Waals surface area contributed by atoms with Crippen molar-refractivity contribution in [2.45, 2.75) is 0 Å². The van der Waals surface area contributed by atoms with Gasteiger partial charge in [0.25, 0.3) is 0 Å². The molecule has 0 fully saturated rings. The van der Waals surface area contributed by atoms with Crippen LogP contribution < -0.4 is 0 Å². The first-order valence-electron chi connectivity index (χ1n) is 3.52. The Kier molecular flexibility index (Phi) is 7.68.